The van der Waals surface area contributed by atoms with Gasteiger partial charge in [0.15, 0.2) is 0 Å². The third-order valence-electron chi connectivity index (χ3n) is 2.48. The summed E-state index contributed by atoms with van der Waals surface area (Å²) in [5, 5.41) is 8.55. The monoisotopic (exact) mass is 335 g/mol. The van der Waals surface area contributed by atoms with Gasteiger partial charge in [-0.1, -0.05) is 15.9 Å². The second-order valence-electron chi connectivity index (χ2n) is 3.88. The summed E-state index contributed by atoms with van der Waals surface area (Å²) >= 11 is 3.30. The van der Waals surface area contributed by atoms with Crippen molar-refractivity contribution in [2.45, 2.75) is 18.2 Å². The maximum atomic E-state index is 12.1. The topological polar surface area (TPSA) is 74.7 Å². The van der Waals surface area contributed by atoms with E-state index in [1.165, 1.54) is 13.1 Å². The van der Waals surface area contributed by atoms with Gasteiger partial charge >= 0.3 is 5.97 Å². The maximum absolute atomic E-state index is 12.1. The molecule has 1 aromatic carbocycles. The van der Waals surface area contributed by atoms with Crippen LogP contribution in [0.3, 0.4) is 0 Å². The summed E-state index contributed by atoms with van der Waals surface area (Å²) in [6.07, 6.45) is -0.217. The molecule has 5 nitrogen and oxygen atoms in total. The summed E-state index contributed by atoms with van der Waals surface area (Å²) in [4.78, 5) is 10.6. The van der Waals surface area contributed by atoms with Gasteiger partial charge in [-0.3, -0.25) is 4.79 Å². The highest BCUT2D eigenvalue weighted by Crippen LogP contribution is 2.22. The van der Waals surface area contributed by atoms with Crippen LogP contribution in [-0.4, -0.2) is 37.4 Å². The van der Waals surface area contributed by atoms with Crippen molar-refractivity contribution in [2.75, 3.05) is 13.6 Å². The van der Waals surface area contributed by atoms with Crippen molar-refractivity contribution in [1.29, 1.82) is 0 Å². The van der Waals surface area contributed by atoms with Crippen LogP contribution in [0.15, 0.2) is 27.6 Å². The van der Waals surface area contributed by atoms with E-state index in [4.69, 9.17) is 5.11 Å². The molecule has 1 rings (SSSR count). The van der Waals surface area contributed by atoms with Gasteiger partial charge in [-0.2, -0.15) is 0 Å². The zero-order valence-electron chi connectivity index (χ0n) is 10.1. The molecular formula is C11H14BrNO4S. The SMILES string of the molecule is Cc1cc(S(=O)(=O)N(C)CCC(=O)O)ccc1Br. The largest absolute Gasteiger partial charge is 0.481 e. The van der Waals surface area contributed by atoms with Crippen molar-refractivity contribution < 1.29 is 18.3 Å². The number of nitrogens with zero attached hydrogens (tertiary/aromatic N) is 1. The maximum Gasteiger partial charge on any atom is 0.304 e. The first kappa shape index (κ1) is 15.1. The number of aryl methyl sites for hydroxylation is 1. The van der Waals surface area contributed by atoms with Gasteiger partial charge in [0.25, 0.3) is 0 Å². The van der Waals surface area contributed by atoms with Gasteiger partial charge in [-0.05, 0) is 30.7 Å². The molecule has 0 saturated heterocycles. The van der Waals surface area contributed by atoms with Gasteiger partial charge in [0, 0.05) is 18.1 Å². The Morgan fingerprint density at radius 2 is 2.06 bits per heavy atom. The van der Waals surface area contributed by atoms with E-state index in [1.807, 2.05) is 0 Å². The molecular weight excluding hydrogens is 322 g/mol. The summed E-state index contributed by atoms with van der Waals surface area (Å²) in [5.41, 5.74) is 0.808. The lowest BCUT2D eigenvalue weighted by molar-refractivity contribution is -0.137. The fraction of sp³-hybridized carbons (Fsp3) is 0.364. The predicted octanol–water partition coefficient (Wildman–Crippen LogP) is 1.85. The molecule has 1 aromatic rings. The molecule has 0 spiro atoms. The molecule has 0 amide bonds. The minimum absolute atomic E-state index is 0.0488. The smallest absolute Gasteiger partial charge is 0.304 e. The highest BCUT2D eigenvalue weighted by Gasteiger charge is 2.21. The molecule has 0 fully saturated rings. The molecule has 1 N–H and O–H groups in total. The number of rotatable bonds is 5. The highest BCUT2D eigenvalue weighted by molar-refractivity contribution is 9.10. The lowest BCUT2D eigenvalue weighted by Gasteiger charge is -2.16. The minimum Gasteiger partial charge on any atom is -0.481 e. The lowest BCUT2D eigenvalue weighted by atomic mass is 10.2. The van der Waals surface area contributed by atoms with E-state index < -0.39 is 16.0 Å². The number of carboxylic acids is 1. The fourth-order valence-electron chi connectivity index (χ4n) is 1.33. The minimum atomic E-state index is -3.62. The number of hydrogen-bond acceptors (Lipinski definition) is 3. The molecule has 7 heteroatoms. The Morgan fingerprint density at radius 3 is 2.56 bits per heavy atom. The number of benzene rings is 1. The second kappa shape index (κ2) is 5.81. The molecule has 100 valence electrons. The summed E-state index contributed by atoms with van der Waals surface area (Å²) < 4.78 is 26.1. The van der Waals surface area contributed by atoms with E-state index in [9.17, 15) is 13.2 Å². The first-order valence-corrected chi connectivity index (χ1v) is 7.42. The Bertz CT molecular complexity index is 556. The highest BCUT2D eigenvalue weighted by atomic mass is 79.9. The Labute approximate surface area is 115 Å². The van der Waals surface area contributed by atoms with Crippen LogP contribution in [0.25, 0.3) is 0 Å². The Hall–Kier alpha value is -0.920. The molecule has 0 aromatic heterocycles. The van der Waals surface area contributed by atoms with Crippen LogP contribution in [0.5, 0.6) is 0 Å². The average Bonchev–Trinajstić information content (AvgIpc) is 2.29. The zero-order chi connectivity index (χ0) is 13.9. The van der Waals surface area contributed by atoms with Crippen LogP contribution in [0.4, 0.5) is 0 Å². The summed E-state index contributed by atoms with van der Waals surface area (Å²) in [7, 11) is -2.25. The normalized spacial score (nSPS) is 11.8. The third kappa shape index (κ3) is 3.54. The predicted molar refractivity (Wildman–Crippen MR) is 70.9 cm³/mol. The zero-order valence-corrected chi connectivity index (χ0v) is 12.5. The van der Waals surface area contributed by atoms with Gasteiger partial charge < -0.3 is 5.11 Å². The van der Waals surface area contributed by atoms with Gasteiger partial charge in [0.1, 0.15) is 0 Å². The molecule has 0 aliphatic rings. The Balaban J connectivity index is 2.98. The van der Waals surface area contributed by atoms with Gasteiger partial charge in [-0.25, -0.2) is 12.7 Å². The molecule has 18 heavy (non-hydrogen) atoms. The lowest BCUT2D eigenvalue weighted by Crippen LogP contribution is -2.29. The number of halogens is 1. The Kier molecular flexibility index (Phi) is 4.89. The standard InChI is InChI=1S/C11H14BrNO4S/c1-8-7-9(3-4-10(8)12)18(16,17)13(2)6-5-11(14)15/h3-4,7H,5-6H2,1-2H3,(H,14,15). The van der Waals surface area contributed by atoms with Crippen LogP contribution in [0.1, 0.15) is 12.0 Å². The molecule has 0 bridgehead atoms. The van der Waals surface area contributed by atoms with Gasteiger partial charge in [0.05, 0.1) is 11.3 Å². The van der Waals surface area contributed by atoms with Crippen molar-refractivity contribution in [2.24, 2.45) is 0 Å². The second-order valence-corrected chi connectivity index (χ2v) is 6.78. The first-order chi connectivity index (χ1) is 8.25. The number of sulfonamides is 1. The molecule has 0 heterocycles. The first-order valence-electron chi connectivity index (χ1n) is 5.19. The molecule has 0 aliphatic heterocycles. The van der Waals surface area contributed by atoms with Crippen molar-refractivity contribution in [3.05, 3.63) is 28.2 Å². The van der Waals surface area contributed by atoms with Crippen LogP contribution in [0.2, 0.25) is 0 Å². The van der Waals surface area contributed by atoms with E-state index in [2.05, 4.69) is 15.9 Å². The van der Waals surface area contributed by atoms with E-state index in [1.54, 1.807) is 19.1 Å². The van der Waals surface area contributed by atoms with Crippen LogP contribution in [-0.2, 0) is 14.8 Å². The quantitative estimate of drug-likeness (QED) is 0.891. The van der Waals surface area contributed by atoms with Crippen molar-refractivity contribution in [3.8, 4) is 0 Å². The molecule has 0 aliphatic carbocycles. The molecule has 0 radical (unpaired) electrons. The molecule has 0 saturated carbocycles. The number of hydrogen-bond donors (Lipinski definition) is 1. The number of carboxylic acid groups (broad SMARTS) is 1. The molecule has 0 unspecified atom stereocenters. The van der Waals surface area contributed by atoms with Gasteiger partial charge in [-0.15, -0.1) is 0 Å². The third-order valence-corrected chi connectivity index (χ3v) is 5.22. The average molecular weight is 336 g/mol. The number of carbonyl (C=O) groups is 1. The number of aliphatic carboxylic acids is 1. The van der Waals surface area contributed by atoms with Crippen LogP contribution in [0, 0.1) is 6.92 Å². The van der Waals surface area contributed by atoms with Gasteiger partial charge in [0.2, 0.25) is 10.0 Å². The van der Waals surface area contributed by atoms with Crippen molar-refractivity contribution in [1.82, 2.24) is 4.31 Å². The van der Waals surface area contributed by atoms with E-state index in [-0.39, 0.29) is 17.9 Å². The summed E-state index contributed by atoms with van der Waals surface area (Å²) in [6, 6.07) is 4.70. The van der Waals surface area contributed by atoms with Crippen LogP contribution >= 0.6 is 15.9 Å². The summed E-state index contributed by atoms with van der Waals surface area (Å²) in [6.45, 7) is 1.74. The van der Waals surface area contributed by atoms with Crippen LogP contribution < -0.4 is 0 Å². The summed E-state index contributed by atoms with van der Waals surface area (Å²) in [5.74, 6) is -1.02. The Morgan fingerprint density at radius 1 is 1.44 bits per heavy atom. The van der Waals surface area contributed by atoms with E-state index in [0.717, 1.165) is 14.3 Å². The fourth-order valence-corrected chi connectivity index (χ4v) is 2.83. The van der Waals surface area contributed by atoms with E-state index in [0.29, 0.717) is 0 Å². The van der Waals surface area contributed by atoms with E-state index >= 15 is 0 Å². The molecule has 0 atom stereocenters. The van der Waals surface area contributed by atoms with Crippen molar-refractivity contribution >= 4 is 31.9 Å². The van der Waals surface area contributed by atoms with Crippen molar-refractivity contribution in [3.63, 3.8) is 0 Å².